The number of thioether (sulfide) groups is 1. The van der Waals surface area contributed by atoms with Crippen LogP contribution in [0.2, 0.25) is 0 Å². The van der Waals surface area contributed by atoms with E-state index in [2.05, 4.69) is 43.3 Å². The van der Waals surface area contributed by atoms with Gasteiger partial charge >= 0.3 is 0 Å². The summed E-state index contributed by atoms with van der Waals surface area (Å²) in [5.74, 6) is -1.30. The van der Waals surface area contributed by atoms with Gasteiger partial charge in [-0.3, -0.25) is 9.59 Å². The van der Waals surface area contributed by atoms with Gasteiger partial charge in [0.05, 0.1) is 32.2 Å². The van der Waals surface area contributed by atoms with Crippen LogP contribution in [0.3, 0.4) is 0 Å². The van der Waals surface area contributed by atoms with Crippen LogP contribution in [0, 0.1) is 11.6 Å². The maximum absolute atomic E-state index is 14.0. The number of benzene rings is 2. The molecule has 1 heterocycles. The summed E-state index contributed by atoms with van der Waals surface area (Å²) in [5, 5.41) is 13.8. The number of nitrogens with one attached hydrogen (secondary N) is 2. The lowest BCUT2D eigenvalue weighted by molar-refractivity contribution is -0.113. The molecule has 0 unspecified atom stereocenters. The van der Waals surface area contributed by atoms with E-state index < -0.39 is 17.5 Å². The molecule has 3 rings (SSSR count). The summed E-state index contributed by atoms with van der Waals surface area (Å²) in [5.41, 5.74) is 0.209. The fourth-order valence-corrected chi connectivity index (χ4v) is 4.35. The number of rotatable bonds is 11. The van der Waals surface area contributed by atoms with E-state index in [1.807, 2.05) is 0 Å². The number of allylic oxidation sites excluding steroid dienone is 1. The summed E-state index contributed by atoms with van der Waals surface area (Å²) in [7, 11) is 2.98. The van der Waals surface area contributed by atoms with Gasteiger partial charge in [-0.1, -0.05) is 17.8 Å². The molecule has 0 spiro atoms. The van der Waals surface area contributed by atoms with Crippen molar-refractivity contribution >= 4 is 45.2 Å². The molecule has 0 fully saturated rings. The summed E-state index contributed by atoms with van der Waals surface area (Å²) in [6.07, 6.45) is 1.62. The Balaban J connectivity index is 1.65. The average molecular weight is 582 g/mol. The number of hydrogen-bond acceptors (Lipinski definition) is 7. The van der Waals surface area contributed by atoms with Gasteiger partial charge in [0.1, 0.15) is 5.82 Å². The third-order valence-corrected chi connectivity index (χ3v) is 6.35. The van der Waals surface area contributed by atoms with Gasteiger partial charge in [-0.25, -0.2) is 8.78 Å². The SMILES string of the molecule is C=CCn1c(CNC(=O)c2ccc(OC)c(OC)c2)nnc1SCC(=O)Nc1c(F)cc(F)cc1Br. The average Bonchev–Trinajstić information content (AvgIpc) is 3.24. The monoisotopic (exact) mass is 581 g/mol. The van der Waals surface area contributed by atoms with Crippen molar-refractivity contribution in [2.75, 3.05) is 25.3 Å². The first-order valence-corrected chi connectivity index (χ1v) is 12.2. The van der Waals surface area contributed by atoms with Crippen molar-refractivity contribution in [3.05, 3.63) is 70.5 Å². The smallest absolute Gasteiger partial charge is 0.251 e. The zero-order valence-corrected chi connectivity index (χ0v) is 21.7. The Labute approximate surface area is 218 Å². The van der Waals surface area contributed by atoms with Gasteiger partial charge in [-0.2, -0.15) is 0 Å². The van der Waals surface area contributed by atoms with E-state index in [1.54, 1.807) is 28.8 Å². The Morgan fingerprint density at radius 3 is 2.58 bits per heavy atom. The number of halogens is 3. The highest BCUT2D eigenvalue weighted by Crippen LogP contribution is 2.28. The van der Waals surface area contributed by atoms with Gasteiger partial charge in [0.25, 0.3) is 5.91 Å². The summed E-state index contributed by atoms with van der Waals surface area (Å²) < 4.78 is 39.4. The van der Waals surface area contributed by atoms with Gasteiger partial charge in [0, 0.05) is 22.6 Å². The summed E-state index contributed by atoms with van der Waals surface area (Å²) in [6.45, 7) is 4.11. The predicted molar refractivity (Wildman–Crippen MR) is 134 cm³/mol. The fourth-order valence-electron chi connectivity index (χ4n) is 3.08. The van der Waals surface area contributed by atoms with Crippen LogP contribution in [0.25, 0.3) is 0 Å². The normalized spacial score (nSPS) is 10.6. The molecule has 0 aliphatic rings. The van der Waals surface area contributed by atoms with Crippen molar-refractivity contribution in [3.8, 4) is 11.5 Å². The van der Waals surface area contributed by atoms with Crippen LogP contribution in [-0.4, -0.2) is 46.6 Å². The van der Waals surface area contributed by atoms with Gasteiger partial charge in [0.2, 0.25) is 5.91 Å². The second-order valence-electron chi connectivity index (χ2n) is 7.13. The lowest BCUT2D eigenvalue weighted by Crippen LogP contribution is -2.25. The number of hydrogen-bond donors (Lipinski definition) is 2. The minimum Gasteiger partial charge on any atom is -0.493 e. The van der Waals surface area contributed by atoms with Crippen molar-refractivity contribution in [1.82, 2.24) is 20.1 Å². The number of amides is 2. The summed E-state index contributed by atoms with van der Waals surface area (Å²) in [6, 6.07) is 6.52. The van der Waals surface area contributed by atoms with E-state index in [-0.39, 0.29) is 28.4 Å². The highest BCUT2D eigenvalue weighted by Gasteiger charge is 2.17. The maximum atomic E-state index is 14.0. The molecule has 2 amide bonds. The number of ether oxygens (including phenoxy) is 2. The van der Waals surface area contributed by atoms with Crippen LogP contribution in [0.15, 0.2) is 52.6 Å². The van der Waals surface area contributed by atoms with Gasteiger partial charge in [-0.15, -0.1) is 16.8 Å². The lowest BCUT2D eigenvalue weighted by atomic mass is 10.2. The minimum absolute atomic E-state index is 0.0640. The zero-order valence-electron chi connectivity index (χ0n) is 19.3. The topological polar surface area (TPSA) is 107 Å². The van der Waals surface area contributed by atoms with E-state index in [4.69, 9.17) is 9.47 Å². The molecule has 3 aromatic rings. The molecule has 1 aromatic heterocycles. The quantitative estimate of drug-likeness (QED) is 0.258. The molecule has 0 atom stereocenters. The Kier molecular flexibility index (Phi) is 9.42. The summed E-state index contributed by atoms with van der Waals surface area (Å²) in [4.78, 5) is 25.0. The third kappa shape index (κ3) is 6.61. The van der Waals surface area contributed by atoms with Crippen molar-refractivity contribution in [3.63, 3.8) is 0 Å². The van der Waals surface area contributed by atoms with Gasteiger partial charge in [-0.05, 0) is 40.2 Å². The molecule has 0 bridgehead atoms. The van der Waals surface area contributed by atoms with Crippen molar-refractivity contribution in [1.29, 1.82) is 0 Å². The van der Waals surface area contributed by atoms with Crippen LogP contribution >= 0.6 is 27.7 Å². The van der Waals surface area contributed by atoms with Crippen LogP contribution in [0.1, 0.15) is 16.2 Å². The Bertz CT molecular complexity index is 1260. The van der Waals surface area contributed by atoms with Gasteiger partial charge in [0.15, 0.2) is 28.3 Å². The standard InChI is InChI=1S/C23H22BrF2N5O4S/c1-4-7-31-19(11-27-22(33)13-5-6-17(34-2)18(8-13)35-3)29-30-23(31)36-12-20(32)28-21-15(24)9-14(25)10-16(21)26/h4-6,8-10H,1,7,11-12H2,2-3H3,(H,27,33)(H,28,32). The second-order valence-corrected chi connectivity index (χ2v) is 8.93. The first-order valence-electron chi connectivity index (χ1n) is 10.4. The molecular weight excluding hydrogens is 560 g/mol. The molecule has 0 saturated heterocycles. The Morgan fingerprint density at radius 1 is 1.17 bits per heavy atom. The van der Waals surface area contributed by atoms with Crippen LogP contribution in [0.5, 0.6) is 11.5 Å². The van der Waals surface area contributed by atoms with E-state index in [9.17, 15) is 18.4 Å². The molecule has 36 heavy (non-hydrogen) atoms. The number of carbonyl (C=O) groups excluding carboxylic acids is 2. The van der Waals surface area contributed by atoms with Crippen LogP contribution in [-0.2, 0) is 17.9 Å². The molecule has 0 aliphatic carbocycles. The van der Waals surface area contributed by atoms with E-state index in [0.29, 0.717) is 40.7 Å². The molecule has 0 saturated carbocycles. The number of anilines is 1. The Hall–Kier alpha value is -3.45. The molecule has 0 aliphatic heterocycles. The lowest BCUT2D eigenvalue weighted by Gasteiger charge is -2.11. The molecule has 2 N–H and O–H groups in total. The largest absolute Gasteiger partial charge is 0.493 e. The highest BCUT2D eigenvalue weighted by atomic mass is 79.9. The first-order chi connectivity index (χ1) is 17.3. The molecule has 190 valence electrons. The molecule has 9 nitrogen and oxygen atoms in total. The summed E-state index contributed by atoms with van der Waals surface area (Å²) >= 11 is 4.10. The van der Waals surface area contributed by atoms with Crippen molar-refractivity contribution in [2.24, 2.45) is 0 Å². The van der Waals surface area contributed by atoms with Crippen molar-refractivity contribution < 1.29 is 27.8 Å². The predicted octanol–water partition coefficient (Wildman–Crippen LogP) is 4.18. The zero-order chi connectivity index (χ0) is 26.2. The van der Waals surface area contributed by atoms with Crippen LogP contribution < -0.4 is 20.1 Å². The highest BCUT2D eigenvalue weighted by molar-refractivity contribution is 9.10. The third-order valence-electron chi connectivity index (χ3n) is 4.76. The second kappa shape index (κ2) is 12.5. The van der Waals surface area contributed by atoms with E-state index in [0.717, 1.165) is 17.8 Å². The number of aromatic nitrogens is 3. The van der Waals surface area contributed by atoms with E-state index >= 15 is 0 Å². The minimum atomic E-state index is -0.900. The fraction of sp³-hybridized carbons (Fsp3) is 0.217. The number of methoxy groups -OCH3 is 2. The van der Waals surface area contributed by atoms with E-state index in [1.165, 1.54) is 14.2 Å². The Morgan fingerprint density at radius 2 is 1.92 bits per heavy atom. The molecule has 13 heteroatoms. The molecular formula is C23H22BrF2N5O4S. The number of nitrogens with zero attached hydrogens (tertiary/aromatic N) is 3. The van der Waals surface area contributed by atoms with Crippen molar-refractivity contribution in [2.45, 2.75) is 18.2 Å². The maximum Gasteiger partial charge on any atom is 0.251 e. The number of carbonyl (C=O) groups is 2. The molecule has 0 radical (unpaired) electrons. The van der Waals surface area contributed by atoms with Crippen LogP contribution in [0.4, 0.5) is 14.5 Å². The molecule has 2 aromatic carbocycles. The first kappa shape index (κ1) is 27.1. The van der Waals surface area contributed by atoms with Gasteiger partial charge < -0.3 is 24.7 Å².